The average molecular weight is 371 g/mol. The molecule has 1 saturated carbocycles. The van der Waals surface area contributed by atoms with Gasteiger partial charge in [0.1, 0.15) is 0 Å². The second-order valence-electron chi connectivity index (χ2n) is 6.01. The number of aromatic nitrogens is 3. The van der Waals surface area contributed by atoms with Gasteiger partial charge in [0.2, 0.25) is 0 Å². The van der Waals surface area contributed by atoms with E-state index in [1.54, 1.807) is 12.1 Å². The number of alkyl halides is 3. The minimum absolute atomic E-state index is 0.00476. The second kappa shape index (κ2) is 7.07. The maximum atomic E-state index is 12.6. The van der Waals surface area contributed by atoms with E-state index in [2.05, 4.69) is 15.4 Å². The van der Waals surface area contributed by atoms with Crippen molar-refractivity contribution in [2.24, 2.45) is 0 Å². The molecular weight excluding hydrogens is 355 g/mol. The van der Waals surface area contributed by atoms with Crippen LogP contribution in [0.3, 0.4) is 0 Å². The smallest absolute Gasteiger partial charge is 0.416 e. The molecule has 0 saturated heterocycles. The Balaban J connectivity index is 1.58. The van der Waals surface area contributed by atoms with E-state index in [9.17, 15) is 18.0 Å². The number of halogens is 3. The zero-order valence-electron chi connectivity index (χ0n) is 13.1. The largest absolute Gasteiger partial charge is 0.476 e. The third-order valence-corrected chi connectivity index (χ3v) is 5.71. The van der Waals surface area contributed by atoms with Crippen LogP contribution in [0.15, 0.2) is 29.3 Å². The Labute approximate surface area is 146 Å². The van der Waals surface area contributed by atoms with Gasteiger partial charge in [-0.3, -0.25) is 5.10 Å². The monoisotopic (exact) mass is 371 g/mol. The van der Waals surface area contributed by atoms with Gasteiger partial charge in [0.05, 0.1) is 5.56 Å². The van der Waals surface area contributed by atoms with Crippen molar-refractivity contribution in [1.82, 2.24) is 15.4 Å². The SMILES string of the molecule is O=C(O)c1[nH]nnc1S[C@H]1CC[C@@H](c2ccc(C(F)(F)F)cc2)CC1. The molecule has 0 bridgehead atoms. The molecule has 9 heteroatoms. The molecule has 0 aliphatic heterocycles. The maximum absolute atomic E-state index is 12.6. The Morgan fingerprint density at radius 2 is 1.80 bits per heavy atom. The standard InChI is InChI=1S/C16H16F3N3O2S/c17-16(18,19)11-5-1-9(2-6-11)10-3-7-12(8-4-10)25-14-13(15(23)24)20-22-21-14/h1-2,5-6,10,12H,3-4,7-8H2,(H,23,24)(H,20,21,22)/t10-,12+. The maximum Gasteiger partial charge on any atom is 0.416 e. The van der Waals surface area contributed by atoms with Gasteiger partial charge in [0.25, 0.3) is 0 Å². The number of carbonyl (C=O) groups is 1. The molecule has 0 radical (unpaired) electrons. The molecule has 1 aromatic carbocycles. The molecule has 2 aromatic rings. The van der Waals surface area contributed by atoms with Crippen LogP contribution in [0.1, 0.15) is 53.2 Å². The van der Waals surface area contributed by atoms with E-state index >= 15 is 0 Å². The molecule has 1 fully saturated rings. The first-order chi connectivity index (χ1) is 11.8. The van der Waals surface area contributed by atoms with Crippen LogP contribution in [0, 0.1) is 0 Å². The van der Waals surface area contributed by atoms with E-state index < -0.39 is 17.7 Å². The van der Waals surface area contributed by atoms with Crippen molar-refractivity contribution in [2.45, 2.75) is 48.1 Å². The van der Waals surface area contributed by atoms with Crippen LogP contribution < -0.4 is 0 Å². The summed E-state index contributed by atoms with van der Waals surface area (Å²) in [5.74, 6) is -0.860. The van der Waals surface area contributed by atoms with Crippen LogP contribution >= 0.6 is 11.8 Å². The van der Waals surface area contributed by atoms with Gasteiger partial charge < -0.3 is 5.11 Å². The number of nitrogens with one attached hydrogen (secondary N) is 1. The molecule has 0 amide bonds. The molecule has 1 aromatic heterocycles. The number of carboxylic acids is 1. The summed E-state index contributed by atoms with van der Waals surface area (Å²) in [5.41, 5.74) is 0.284. The van der Waals surface area contributed by atoms with E-state index in [1.165, 1.54) is 11.8 Å². The third kappa shape index (κ3) is 4.15. The van der Waals surface area contributed by atoms with E-state index in [0.29, 0.717) is 5.03 Å². The lowest BCUT2D eigenvalue weighted by atomic mass is 9.83. The van der Waals surface area contributed by atoms with Crippen LogP contribution in [0.2, 0.25) is 0 Å². The minimum Gasteiger partial charge on any atom is -0.476 e. The Bertz CT molecular complexity index is 738. The number of nitrogens with zero attached hydrogens (tertiary/aromatic N) is 2. The Morgan fingerprint density at radius 1 is 1.16 bits per heavy atom. The lowest BCUT2D eigenvalue weighted by Gasteiger charge is -2.28. The highest BCUT2D eigenvalue weighted by Crippen LogP contribution is 2.40. The average Bonchev–Trinajstić information content (AvgIpc) is 3.03. The lowest BCUT2D eigenvalue weighted by Crippen LogP contribution is -2.16. The van der Waals surface area contributed by atoms with Gasteiger partial charge in [-0.05, 0) is 49.3 Å². The molecule has 25 heavy (non-hydrogen) atoms. The molecule has 1 aliphatic rings. The molecule has 5 nitrogen and oxygen atoms in total. The van der Waals surface area contributed by atoms with Gasteiger partial charge in [-0.25, -0.2) is 4.79 Å². The summed E-state index contributed by atoms with van der Waals surface area (Å²) in [4.78, 5) is 11.1. The summed E-state index contributed by atoms with van der Waals surface area (Å²) < 4.78 is 37.9. The second-order valence-corrected chi connectivity index (χ2v) is 7.30. The van der Waals surface area contributed by atoms with Crippen LogP contribution in [-0.4, -0.2) is 31.7 Å². The molecular formula is C16H16F3N3O2S. The predicted molar refractivity (Wildman–Crippen MR) is 85.6 cm³/mol. The molecule has 0 unspecified atom stereocenters. The Morgan fingerprint density at radius 3 is 2.36 bits per heavy atom. The van der Waals surface area contributed by atoms with Crippen LogP contribution in [-0.2, 0) is 6.18 Å². The van der Waals surface area contributed by atoms with Gasteiger partial charge in [-0.15, -0.1) is 5.10 Å². The first-order valence-electron chi connectivity index (χ1n) is 7.82. The van der Waals surface area contributed by atoms with E-state index in [-0.39, 0.29) is 16.9 Å². The van der Waals surface area contributed by atoms with Crippen LogP contribution in [0.4, 0.5) is 13.2 Å². The summed E-state index contributed by atoms with van der Waals surface area (Å²) in [5, 5.41) is 19.4. The van der Waals surface area contributed by atoms with Crippen molar-refractivity contribution in [3.05, 3.63) is 41.1 Å². The molecule has 0 atom stereocenters. The fourth-order valence-corrected chi connectivity index (χ4v) is 4.22. The van der Waals surface area contributed by atoms with Crippen molar-refractivity contribution < 1.29 is 23.1 Å². The summed E-state index contributed by atoms with van der Waals surface area (Å²) >= 11 is 1.39. The minimum atomic E-state index is -4.31. The number of hydrogen-bond donors (Lipinski definition) is 2. The summed E-state index contributed by atoms with van der Waals surface area (Å²) in [6.45, 7) is 0. The van der Waals surface area contributed by atoms with Crippen LogP contribution in [0.5, 0.6) is 0 Å². The van der Waals surface area contributed by atoms with E-state index in [4.69, 9.17) is 5.11 Å². The summed E-state index contributed by atoms with van der Waals surface area (Å²) in [6, 6.07) is 5.37. The fourth-order valence-electron chi connectivity index (χ4n) is 3.06. The number of rotatable bonds is 4. The number of benzene rings is 1. The molecule has 134 valence electrons. The highest BCUT2D eigenvalue weighted by Gasteiger charge is 2.31. The molecule has 3 rings (SSSR count). The number of aromatic carboxylic acids is 1. The first kappa shape index (κ1) is 17.8. The molecule has 0 spiro atoms. The van der Waals surface area contributed by atoms with E-state index in [0.717, 1.165) is 43.4 Å². The van der Waals surface area contributed by atoms with Crippen molar-refractivity contribution in [3.63, 3.8) is 0 Å². The molecule has 2 N–H and O–H groups in total. The Hall–Kier alpha value is -2.03. The number of carboxylic acid groups (broad SMARTS) is 1. The first-order valence-corrected chi connectivity index (χ1v) is 8.70. The Kier molecular flexibility index (Phi) is 5.03. The summed E-state index contributed by atoms with van der Waals surface area (Å²) in [6.07, 6.45) is -0.913. The van der Waals surface area contributed by atoms with E-state index in [1.807, 2.05) is 0 Å². The highest BCUT2D eigenvalue weighted by atomic mass is 32.2. The van der Waals surface area contributed by atoms with Gasteiger partial charge in [0.15, 0.2) is 10.7 Å². The van der Waals surface area contributed by atoms with Crippen molar-refractivity contribution in [3.8, 4) is 0 Å². The zero-order valence-corrected chi connectivity index (χ0v) is 13.9. The number of hydrogen-bond acceptors (Lipinski definition) is 4. The van der Waals surface area contributed by atoms with Crippen LogP contribution in [0.25, 0.3) is 0 Å². The third-order valence-electron chi connectivity index (χ3n) is 4.39. The van der Waals surface area contributed by atoms with Crippen molar-refractivity contribution in [1.29, 1.82) is 0 Å². The lowest BCUT2D eigenvalue weighted by molar-refractivity contribution is -0.137. The van der Waals surface area contributed by atoms with Gasteiger partial charge in [-0.2, -0.15) is 13.2 Å². The normalized spacial score (nSPS) is 21.2. The molecule has 1 aliphatic carbocycles. The zero-order chi connectivity index (χ0) is 18.0. The highest BCUT2D eigenvalue weighted by molar-refractivity contribution is 7.99. The number of H-pyrrole nitrogens is 1. The predicted octanol–water partition coefficient (Wildman–Crippen LogP) is 4.34. The van der Waals surface area contributed by atoms with Gasteiger partial charge in [0, 0.05) is 5.25 Å². The van der Waals surface area contributed by atoms with Gasteiger partial charge in [-0.1, -0.05) is 29.1 Å². The number of thioether (sulfide) groups is 1. The topological polar surface area (TPSA) is 78.9 Å². The quantitative estimate of drug-likeness (QED) is 0.836. The van der Waals surface area contributed by atoms with Crippen molar-refractivity contribution in [2.75, 3.05) is 0 Å². The summed E-state index contributed by atoms with van der Waals surface area (Å²) in [7, 11) is 0. The molecule has 1 heterocycles. The van der Waals surface area contributed by atoms with Gasteiger partial charge >= 0.3 is 12.1 Å². The number of aromatic amines is 1. The fraction of sp³-hybridized carbons (Fsp3) is 0.438. The van der Waals surface area contributed by atoms with Crippen molar-refractivity contribution >= 4 is 17.7 Å².